The Bertz CT molecular complexity index is 586. The Morgan fingerprint density at radius 1 is 1.33 bits per heavy atom. The normalized spacial score (nSPS) is 17.0. The number of hydrogen-bond donors (Lipinski definition) is 2. The summed E-state index contributed by atoms with van der Waals surface area (Å²) < 4.78 is 12.0. The monoisotopic (exact) mass is 329 g/mol. The zero-order valence-corrected chi connectivity index (χ0v) is 12.9. The molecule has 2 rings (SSSR count). The summed E-state index contributed by atoms with van der Waals surface area (Å²) in [6.07, 6.45) is 1.54. The smallest absolute Gasteiger partial charge is 0.303 e. The first-order valence-electron chi connectivity index (χ1n) is 6.51. The van der Waals surface area contributed by atoms with Crippen molar-refractivity contribution >= 4 is 40.0 Å². The highest BCUT2D eigenvalue weighted by atomic mass is 35.5. The molecular formula is C14H16ClNO4S. The number of hydrogen-bond acceptors (Lipinski definition) is 3. The maximum absolute atomic E-state index is 12.0. The predicted octanol–water partition coefficient (Wildman–Crippen LogP) is 2.28. The Kier molecular flexibility index (Phi) is 5.00. The molecule has 0 bridgehead atoms. The number of amides is 1. The molecular weight excluding hydrogens is 314 g/mol. The molecule has 1 saturated carbocycles. The zero-order chi connectivity index (χ0) is 15.5. The average Bonchev–Trinajstić information content (AvgIpc) is 3.10. The van der Waals surface area contributed by atoms with Crippen LogP contribution in [0.2, 0.25) is 5.02 Å². The molecule has 2 N–H and O–H groups in total. The van der Waals surface area contributed by atoms with Gasteiger partial charge in [0.05, 0.1) is 17.1 Å². The Labute approximate surface area is 130 Å². The van der Waals surface area contributed by atoms with E-state index >= 15 is 0 Å². The molecule has 1 aliphatic rings. The molecule has 0 heterocycles. The van der Waals surface area contributed by atoms with Crippen molar-refractivity contribution in [3.63, 3.8) is 0 Å². The Morgan fingerprint density at radius 3 is 2.57 bits per heavy atom. The zero-order valence-electron chi connectivity index (χ0n) is 11.3. The van der Waals surface area contributed by atoms with Crippen molar-refractivity contribution in [3.05, 3.63) is 29.3 Å². The Morgan fingerprint density at radius 2 is 2.00 bits per heavy atom. The van der Waals surface area contributed by atoms with E-state index in [0.29, 0.717) is 10.7 Å². The number of carbonyl (C=O) groups excluding carboxylic acids is 1. The first kappa shape index (κ1) is 16.0. The number of nitrogens with one attached hydrogen (secondary N) is 1. The van der Waals surface area contributed by atoms with Gasteiger partial charge in [-0.25, -0.2) is 0 Å². The fourth-order valence-corrected chi connectivity index (χ4v) is 3.88. The highest BCUT2D eigenvalue weighted by Gasteiger charge is 2.45. The van der Waals surface area contributed by atoms with Crippen LogP contribution in [0.5, 0.6) is 0 Å². The number of anilines is 1. The lowest BCUT2D eigenvalue weighted by Crippen LogP contribution is -2.25. The number of benzene rings is 1. The quantitative estimate of drug-likeness (QED) is 0.804. The summed E-state index contributed by atoms with van der Waals surface area (Å²) >= 11 is 5.92. The van der Waals surface area contributed by atoms with Gasteiger partial charge < -0.3 is 10.4 Å². The average molecular weight is 330 g/mol. The molecule has 21 heavy (non-hydrogen) atoms. The minimum Gasteiger partial charge on any atom is -0.481 e. The summed E-state index contributed by atoms with van der Waals surface area (Å²) in [5.74, 6) is -1.15. The molecule has 1 unspecified atom stereocenters. The largest absolute Gasteiger partial charge is 0.481 e. The van der Waals surface area contributed by atoms with E-state index in [4.69, 9.17) is 16.7 Å². The maximum Gasteiger partial charge on any atom is 0.303 e. The Balaban J connectivity index is 1.84. The SMILES string of the molecule is O=C(O)CC1(CS(=O)CC(=O)Nc2ccccc2Cl)CC1. The van der Waals surface area contributed by atoms with E-state index in [1.54, 1.807) is 24.3 Å². The van der Waals surface area contributed by atoms with Crippen molar-refractivity contribution in [2.45, 2.75) is 19.3 Å². The molecule has 0 radical (unpaired) electrons. The molecule has 5 nitrogen and oxygen atoms in total. The maximum atomic E-state index is 12.0. The van der Waals surface area contributed by atoms with Crippen molar-refractivity contribution in [2.24, 2.45) is 5.41 Å². The molecule has 1 aromatic carbocycles. The molecule has 1 amide bonds. The van der Waals surface area contributed by atoms with Crippen LogP contribution in [0, 0.1) is 5.41 Å². The van der Waals surface area contributed by atoms with Gasteiger partial charge in [0.1, 0.15) is 5.75 Å². The van der Waals surface area contributed by atoms with E-state index in [0.717, 1.165) is 12.8 Å². The fourth-order valence-electron chi connectivity index (χ4n) is 2.16. The summed E-state index contributed by atoms with van der Waals surface area (Å²) in [7, 11) is -1.37. The Hall–Kier alpha value is -1.40. The van der Waals surface area contributed by atoms with Crippen LogP contribution >= 0.6 is 11.6 Å². The lowest BCUT2D eigenvalue weighted by Gasteiger charge is -2.12. The molecule has 114 valence electrons. The fraction of sp³-hybridized carbons (Fsp3) is 0.429. The van der Waals surface area contributed by atoms with Crippen molar-refractivity contribution < 1.29 is 18.9 Å². The first-order valence-corrected chi connectivity index (χ1v) is 8.38. The van der Waals surface area contributed by atoms with Crippen LogP contribution in [-0.4, -0.2) is 32.7 Å². The van der Waals surface area contributed by atoms with Crippen LogP contribution < -0.4 is 5.32 Å². The van der Waals surface area contributed by atoms with Gasteiger partial charge in [0.2, 0.25) is 5.91 Å². The van der Waals surface area contributed by atoms with Crippen LogP contribution in [-0.2, 0) is 20.4 Å². The van der Waals surface area contributed by atoms with Crippen LogP contribution in [0.1, 0.15) is 19.3 Å². The van der Waals surface area contributed by atoms with Gasteiger partial charge in [-0.15, -0.1) is 0 Å². The second-order valence-corrected chi connectivity index (χ2v) is 7.19. The predicted molar refractivity (Wildman–Crippen MR) is 81.9 cm³/mol. The van der Waals surface area contributed by atoms with Gasteiger partial charge in [0, 0.05) is 16.6 Å². The van der Waals surface area contributed by atoms with E-state index in [1.165, 1.54) is 0 Å². The number of carboxylic acids is 1. The molecule has 0 spiro atoms. The second kappa shape index (κ2) is 6.58. The van der Waals surface area contributed by atoms with E-state index in [1.807, 2.05) is 0 Å². The van der Waals surface area contributed by atoms with E-state index in [-0.39, 0.29) is 29.2 Å². The van der Waals surface area contributed by atoms with Crippen LogP contribution in [0.25, 0.3) is 0 Å². The molecule has 0 aliphatic heterocycles. The van der Waals surface area contributed by atoms with Crippen LogP contribution in [0.3, 0.4) is 0 Å². The lowest BCUT2D eigenvalue weighted by atomic mass is 10.1. The van der Waals surface area contributed by atoms with Gasteiger partial charge in [-0.1, -0.05) is 23.7 Å². The number of halogens is 1. The number of para-hydroxylation sites is 1. The van der Waals surface area contributed by atoms with Gasteiger partial charge in [0.25, 0.3) is 0 Å². The van der Waals surface area contributed by atoms with E-state index in [2.05, 4.69) is 5.32 Å². The summed E-state index contributed by atoms with van der Waals surface area (Å²) in [6, 6.07) is 6.81. The molecule has 1 fully saturated rings. The van der Waals surface area contributed by atoms with Crippen LogP contribution in [0.4, 0.5) is 5.69 Å². The van der Waals surface area contributed by atoms with Crippen molar-refractivity contribution in [3.8, 4) is 0 Å². The van der Waals surface area contributed by atoms with Crippen molar-refractivity contribution in [1.82, 2.24) is 0 Å². The number of rotatable bonds is 7. The van der Waals surface area contributed by atoms with Gasteiger partial charge in [0.15, 0.2) is 0 Å². The standard InChI is InChI=1S/C14H16ClNO4S/c15-10-3-1-2-4-11(10)16-12(17)8-21(20)9-14(5-6-14)7-13(18)19/h1-4H,5-9H2,(H,16,17)(H,18,19). The van der Waals surface area contributed by atoms with Gasteiger partial charge in [-0.2, -0.15) is 0 Å². The number of carboxylic acid groups (broad SMARTS) is 1. The molecule has 0 aromatic heterocycles. The highest BCUT2D eigenvalue weighted by molar-refractivity contribution is 7.85. The van der Waals surface area contributed by atoms with Gasteiger partial charge >= 0.3 is 5.97 Å². The third-order valence-corrected chi connectivity index (χ3v) is 5.24. The third kappa shape index (κ3) is 4.82. The summed E-state index contributed by atoms with van der Waals surface area (Å²) in [6.45, 7) is 0. The van der Waals surface area contributed by atoms with E-state index in [9.17, 15) is 13.8 Å². The minimum atomic E-state index is -1.37. The van der Waals surface area contributed by atoms with Gasteiger partial charge in [-0.3, -0.25) is 13.8 Å². The molecule has 1 aromatic rings. The van der Waals surface area contributed by atoms with Gasteiger partial charge in [-0.05, 0) is 30.4 Å². The topological polar surface area (TPSA) is 83.5 Å². The number of carbonyl (C=O) groups is 2. The summed E-state index contributed by atoms with van der Waals surface area (Å²) in [5.41, 5.74) is 0.106. The molecule has 1 atom stereocenters. The summed E-state index contributed by atoms with van der Waals surface area (Å²) in [5, 5.41) is 11.8. The second-order valence-electron chi connectivity index (χ2n) is 5.33. The number of aliphatic carboxylic acids is 1. The molecule has 1 aliphatic carbocycles. The first-order chi connectivity index (χ1) is 9.90. The third-order valence-electron chi connectivity index (χ3n) is 3.39. The highest BCUT2D eigenvalue weighted by Crippen LogP contribution is 2.49. The van der Waals surface area contributed by atoms with Crippen molar-refractivity contribution in [2.75, 3.05) is 16.8 Å². The lowest BCUT2D eigenvalue weighted by molar-refractivity contribution is -0.138. The minimum absolute atomic E-state index is 0.0187. The van der Waals surface area contributed by atoms with Crippen molar-refractivity contribution in [1.29, 1.82) is 0 Å². The molecule has 7 heteroatoms. The summed E-state index contributed by atoms with van der Waals surface area (Å²) in [4.78, 5) is 22.6. The molecule has 0 saturated heterocycles. The van der Waals surface area contributed by atoms with Crippen LogP contribution in [0.15, 0.2) is 24.3 Å². The van der Waals surface area contributed by atoms with E-state index < -0.39 is 16.8 Å².